The Bertz CT molecular complexity index is 747. The van der Waals surface area contributed by atoms with Crippen LogP contribution in [0.15, 0.2) is 59.0 Å². The number of hydrogen-bond acceptors (Lipinski definition) is 2. The van der Waals surface area contributed by atoms with Gasteiger partial charge in [-0.15, -0.1) is 0 Å². The van der Waals surface area contributed by atoms with Crippen molar-refractivity contribution in [1.29, 1.82) is 0 Å². The highest BCUT2D eigenvalue weighted by atomic mass is 79.9. The predicted octanol–water partition coefficient (Wildman–Crippen LogP) is 5.72. The molecule has 0 radical (unpaired) electrons. The number of nitrogens with zero attached hydrogens (tertiary/aromatic N) is 1. The molecule has 0 saturated heterocycles. The highest BCUT2D eigenvalue weighted by Crippen LogP contribution is 2.22. The Kier molecular flexibility index (Phi) is 5.29. The predicted molar refractivity (Wildman–Crippen MR) is 97.8 cm³/mol. The maximum atomic E-state index is 5.82. The van der Waals surface area contributed by atoms with Crippen molar-refractivity contribution in [3.05, 3.63) is 77.2 Å². The number of rotatable bonds is 6. The van der Waals surface area contributed by atoms with Gasteiger partial charge in [0.1, 0.15) is 5.76 Å². The van der Waals surface area contributed by atoms with Gasteiger partial charge in [0, 0.05) is 10.9 Å². The summed E-state index contributed by atoms with van der Waals surface area (Å²) in [6.07, 6.45) is 3.09. The average Bonchev–Trinajstić information content (AvgIpc) is 2.97. The van der Waals surface area contributed by atoms with Gasteiger partial charge in [0.25, 0.3) is 0 Å². The number of halogens is 1. The first-order valence-electron chi connectivity index (χ1n) is 7.92. The summed E-state index contributed by atoms with van der Waals surface area (Å²) in [5.74, 6) is 1.65. The molecule has 1 aromatic heterocycles. The maximum absolute atomic E-state index is 5.82. The summed E-state index contributed by atoms with van der Waals surface area (Å²) in [6, 6.07) is 18.8. The molecular formula is C20H20BrNO. The minimum Gasteiger partial charge on any atom is -0.441 e. The van der Waals surface area contributed by atoms with E-state index in [9.17, 15) is 0 Å². The Morgan fingerprint density at radius 3 is 2.30 bits per heavy atom. The average molecular weight is 370 g/mol. The fourth-order valence-electron chi connectivity index (χ4n) is 2.62. The van der Waals surface area contributed by atoms with Crippen LogP contribution < -0.4 is 0 Å². The summed E-state index contributed by atoms with van der Waals surface area (Å²) in [5.41, 5.74) is 4.79. The van der Waals surface area contributed by atoms with Gasteiger partial charge in [-0.2, -0.15) is 0 Å². The number of hydrogen-bond donors (Lipinski definition) is 0. The van der Waals surface area contributed by atoms with Crippen molar-refractivity contribution in [2.75, 3.05) is 0 Å². The minimum absolute atomic E-state index is 0.722. The van der Waals surface area contributed by atoms with E-state index >= 15 is 0 Å². The van der Waals surface area contributed by atoms with Gasteiger partial charge in [0.2, 0.25) is 5.89 Å². The second kappa shape index (κ2) is 7.60. The van der Waals surface area contributed by atoms with Crippen molar-refractivity contribution in [2.45, 2.75) is 31.5 Å². The lowest BCUT2D eigenvalue weighted by atomic mass is 10.1. The monoisotopic (exact) mass is 369 g/mol. The van der Waals surface area contributed by atoms with Crippen molar-refractivity contribution in [3.63, 3.8) is 0 Å². The van der Waals surface area contributed by atoms with E-state index in [2.05, 4.69) is 45.2 Å². The molecule has 0 aliphatic carbocycles. The SMILES string of the molecule is Cc1oc(-c2ccccc2)nc1CCCc1ccc(CBr)cc1. The van der Waals surface area contributed by atoms with E-state index in [1.165, 1.54) is 11.1 Å². The normalized spacial score (nSPS) is 10.9. The summed E-state index contributed by atoms with van der Waals surface area (Å²) in [7, 11) is 0. The van der Waals surface area contributed by atoms with Gasteiger partial charge in [-0.05, 0) is 49.4 Å². The molecule has 0 aliphatic heterocycles. The Morgan fingerprint density at radius 2 is 1.61 bits per heavy atom. The number of alkyl halides is 1. The molecule has 3 rings (SSSR count). The number of oxazole rings is 1. The summed E-state index contributed by atoms with van der Waals surface area (Å²) in [6.45, 7) is 2.00. The van der Waals surface area contributed by atoms with Crippen LogP contribution in [0.3, 0.4) is 0 Å². The lowest BCUT2D eigenvalue weighted by Crippen LogP contribution is -1.92. The molecule has 1 heterocycles. The largest absolute Gasteiger partial charge is 0.441 e. The van der Waals surface area contributed by atoms with E-state index < -0.39 is 0 Å². The van der Waals surface area contributed by atoms with Crippen molar-refractivity contribution >= 4 is 15.9 Å². The van der Waals surface area contributed by atoms with Crippen LogP contribution in [0.1, 0.15) is 29.0 Å². The lowest BCUT2D eigenvalue weighted by molar-refractivity contribution is 0.538. The fraction of sp³-hybridized carbons (Fsp3) is 0.250. The summed E-state index contributed by atoms with van der Waals surface area (Å²) < 4.78 is 5.82. The lowest BCUT2D eigenvalue weighted by Gasteiger charge is -2.02. The molecular weight excluding hydrogens is 350 g/mol. The molecule has 0 aliphatic rings. The van der Waals surface area contributed by atoms with Crippen LogP contribution in [-0.2, 0) is 18.2 Å². The topological polar surface area (TPSA) is 26.0 Å². The Morgan fingerprint density at radius 1 is 0.913 bits per heavy atom. The number of aryl methyl sites for hydroxylation is 3. The van der Waals surface area contributed by atoms with E-state index in [1.54, 1.807) is 0 Å². The second-order valence-electron chi connectivity index (χ2n) is 5.69. The van der Waals surface area contributed by atoms with Gasteiger partial charge in [0.15, 0.2) is 0 Å². The molecule has 0 amide bonds. The molecule has 0 atom stereocenters. The van der Waals surface area contributed by atoms with Gasteiger partial charge in [-0.3, -0.25) is 0 Å². The molecule has 23 heavy (non-hydrogen) atoms. The minimum atomic E-state index is 0.722. The zero-order valence-corrected chi connectivity index (χ0v) is 14.8. The number of aromatic nitrogens is 1. The standard InChI is InChI=1S/C20H20BrNO/c1-15-19(22-20(23-15)18-7-3-2-4-8-18)9-5-6-16-10-12-17(14-21)13-11-16/h2-4,7-8,10-13H,5-6,9,14H2,1H3. The van der Waals surface area contributed by atoms with Crippen LogP contribution in [-0.4, -0.2) is 4.98 Å². The van der Waals surface area contributed by atoms with E-state index in [1.807, 2.05) is 37.3 Å². The van der Waals surface area contributed by atoms with Gasteiger partial charge < -0.3 is 4.42 Å². The molecule has 2 nitrogen and oxygen atoms in total. The van der Waals surface area contributed by atoms with Crippen LogP contribution in [0.5, 0.6) is 0 Å². The van der Waals surface area contributed by atoms with Crippen molar-refractivity contribution in [2.24, 2.45) is 0 Å². The molecule has 0 fully saturated rings. The molecule has 3 aromatic rings. The van der Waals surface area contributed by atoms with Gasteiger partial charge >= 0.3 is 0 Å². The van der Waals surface area contributed by atoms with Crippen molar-refractivity contribution in [3.8, 4) is 11.5 Å². The van der Waals surface area contributed by atoms with Gasteiger partial charge in [-0.1, -0.05) is 58.4 Å². The fourth-order valence-corrected chi connectivity index (χ4v) is 2.99. The molecule has 0 saturated carbocycles. The second-order valence-corrected chi connectivity index (χ2v) is 6.25. The van der Waals surface area contributed by atoms with Crippen LogP contribution in [0.2, 0.25) is 0 Å². The van der Waals surface area contributed by atoms with Crippen molar-refractivity contribution < 1.29 is 4.42 Å². The molecule has 118 valence electrons. The molecule has 0 unspecified atom stereocenters. The highest BCUT2D eigenvalue weighted by molar-refractivity contribution is 9.08. The van der Waals surface area contributed by atoms with Crippen LogP contribution >= 0.6 is 15.9 Å². The van der Waals surface area contributed by atoms with Crippen LogP contribution in [0, 0.1) is 6.92 Å². The Hall–Kier alpha value is -1.87. The molecule has 0 N–H and O–H groups in total. The Balaban J connectivity index is 1.61. The molecule has 3 heteroatoms. The zero-order valence-electron chi connectivity index (χ0n) is 13.3. The van der Waals surface area contributed by atoms with E-state index in [0.29, 0.717) is 0 Å². The molecule has 2 aromatic carbocycles. The number of benzene rings is 2. The Labute approximate surface area is 145 Å². The van der Waals surface area contributed by atoms with E-state index in [4.69, 9.17) is 4.42 Å². The molecule has 0 bridgehead atoms. The van der Waals surface area contributed by atoms with E-state index in [0.717, 1.165) is 47.5 Å². The first kappa shape index (κ1) is 16.0. The third-order valence-electron chi connectivity index (χ3n) is 3.97. The first-order chi connectivity index (χ1) is 11.3. The maximum Gasteiger partial charge on any atom is 0.226 e. The van der Waals surface area contributed by atoms with Gasteiger partial charge in [0.05, 0.1) is 5.69 Å². The third-order valence-corrected chi connectivity index (χ3v) is 4.62. The third kappa shape index (κ3) is 4.11. The molecule has 0 spiro atoms. The van der Waals surface area contributed by atoms with Crippen LogP contribution in [0.4, 0.5) is 0 Å². The van der Waals surface area contributed by atoms with E-state index in [-0.39, 0.29) is 0 Å². The van der Waals surface area contributed by atoms with Crippen LogP contribution in [0.25, 0.3) is 11.5 Å². The summed E-state index contributed by atoms with van der Waals surface area (Å²) >= 11 is 3.48. The summed E-state index contributed by atoms with van der Waals surface area (Å²) in [4.78, 5) is 4.67. The zero-order chi connectivity index (χ0) is 16.1. The summed E-state index contributed by atoms with van der Waals surface area (Å²) in [5, 5.41) is 0.910. The van der Waals surface area contributed by atoms with Gasteiger partial charge in [-0.25, -0.2) is 4.98 Å². The quantitative estimate of drug-likeness (QED) is 0.519. The smallest absolute Gasteiger partial charge is 0.226 e. The highest BCUT2D eigenvalue weighted by Gasteiger charge is 2.10. The first-order valence-corrected chi connectivity index (χ1v) is 9.04. The van der Waals surface area contributed by atoms with Crippen molar-refractivity contribution in [1.82, 2.24) is 4.98 Å².